The number of aliphatic carboxylic acids is 1. The Morgan fingerprint density at radius 2 is 1.95 bits per heavy atom. The van der Waals surface area contributed by atoms with Gasteiger partial charge < -0.3 is 20.5 Å². The molecule has 0 radical (unpaired) electrons. The topological polar surface area (TPSA) is 87.7 Å². The largest absolute Gasteiger partial charge is 0.482 e. The fourth-order valence-corrected chi connectivity index (χ4v) is 1.36. The van der Waals surface area contributed by atoms with Crippen LogP contribution in [0.15, 0.2) is 24.3 Å². The van der Waals surface area contributed by atoms with Crippen molar-refractivity contribution in [2.24, 2.45) is 0 Å². The number of anilines is 1. The fourth-order valence-electron chi connectivity index (χ4n) is 1.36. The Labute approximate surface area is 111 Å². The molecule has 0 saturated carbocycles. The monoisotopic (exact) mass is 266 g/mol. The van der Waals surface area contributed by atoms with E-state index in [2.05, 4.69) is 10.6 Å². The van der Waals surface area contributed by atoms with Crippen molar-refractivity contribution in [1.82, 2.24) is 5.32 Å². The number of benzene rings is 1. The summed E-state index contributed by atoms with van der Waals surface area (Å²) in [6.07, 6.45) is 0.975. The van der Waals surface area contributed by atoms with Gasteiger partial charge in [0.15, 0.2) is 6.61 Å². The number of carboxylic acid groups (broad SMARTS) is 1. The summed E-state index contributed by atoms with van der Waals surface area (Å²) in [5.41, 5.74) is 0.644. The van der Waals surface area contributed by atoms with Gasteiger partial charge in [0.2, 0.25) is 5.91 Å². The number of amides is 1. The first-order valence-corrected chi connectivity index (χ1v) is 6.07. The summed E-state index contributed by atoms with van der Waals surface area (Å²) in [7, 11) is 0. The van der Waals surface area contributed by atoms with Crippen LogP contribution in [-0.2, 0) is 9.59 Å². The second kappa shape index (κ2) is 8.10. The standard InChI is InChI=1S/C13H18N2O4/c1-2-7-14-8-12(16)15-10-3-5-11(6-4-10)19-9-13(17)18/h3-6,14H,2,7-9H2,1H3,(H,15,16)(H,17,18). The van der Waals surface area contributed by atoms with E-state index in [0.29, 0.717) is 11.4 Å². The Morgan fingerprint density at radius 3 is 2.53 bits per heavy atom. The van der Waals surface area contributed by atoms with Crippen molar-refractivity contribution >= 4 is 17.6 Å². The van der Waals surface area contributed by atoms with Crippen LogP contribution in [0.25, 0.3) is 0 Å². The number of carboxylic acids is 1. The second-order valence-corrected chi connectivity index (χ2v) is 3.93. The number of hydrogen-bond donors (Lipinski definition) is 3. The van der Waals surface area contributed by atoms with Crippen molar-refractivity contribution in [1.29, 1.82) is 0 Å². The van der Waals surface area contributed by atoms with Gasteiger partial charge in [-0.15, -0.1) is 0 Å². The average molecular weight is 266 g/mol. The van der Waals surface area contributed by atoms with Crippen LogP contribution in [0.4, 0.5) is 5.69 Å². The van der Waals surface area contributed by atoms with E-state index in [1.165, 1.54) is 0 Å². The highest BCUT2D eigenvalue weighted by molar-refractivity contribution is 5.92. The van der Waals surface area contributed by atoms with Gasteiger partial charge in [-0.05, 0) is 37.2 Å². The Kier molecular flexibility index (Phi) is 6.38. The molecule has 0 unspecified atom stereocenters. The minimum atomic E-state index is -1.03. The molecule has 0 saturated heterocycles. The Morgan fingerprint density at radius 1 is 1.26 bits per heavy atom. The maximum atomic E-state index is 11.5. The highest BCUT2D eigenvalue weighted by Gasteiger charge is 2.02. The summed E-state index contributed by atoms with van der Waals surface area (Å²) in [4.78, 5) is 21.8. The minimum Gasteiger partial charge on any atom is -0.482 e. The average Bonchev–Trinajstić information content (AvgIpc) is 2.38. The van der Waals surface area contributed by atoms with E-state index in [1.807, 2.05) is 6.92 Å². The summed E-state index contributed by atoms with van der Waals surface area (Å²) in [5.74, 6) is -0.698. The summed E-state index contributed by atoms with van der Waals surface area (Å²) in [6, 6.07) is 6.54. The maximum absolute atomic E-state index is 11.5. The van der Waals surface area contributed by atoms with E-state index in [1.54, 1.807) is 24.3 Å². The Balaban J connectivity index is 2.39. The molecule has 1 aromatic rings. The number of carbonyl (C=O) groups is 2. The van der Waals surface area contributed by atoms with Gasteiger partial charge in [0.05, 0.1) is 6.54 Å². The zero-order valence-electron chi connectivity index (χ0n) is 10.8. The maximum Gasteiger partial charge on any atom is 0.341 e. The number of nitrogens with one attached hydrogen (secondary N) is 2. The van der Waals surface area contributed by atoms with E-state index in [0.717, 1.165) is 13.0 Å². The van der Waals surface area contributed by atoms with Gasteiger partial charge in [0.25, 0.3) is 0 Å². The van der Waals surface area contributed by atoms with Gasteiger partial charge in [0, 0.05) is 5.69 Å². The third-order valence-corrected chi connectivity index (χ3v) is 2.21. The van der Waals surface area contributed by atoms with Gasteiger partial charge in [-0.3, -0.25) is 4.79 Å². The van der Waals surface area contributed by atoms with Crippen molar-refractivity contribution in [3.63, 3.8) is 0 Å². The van der Waals surface area contributed by atoms with Crippen LogP contribution in [0.2, 0.25) is 0 Å². The second-order valence-electron chi connectivity index (χ2n) is 3.93. The number of hydrogen-bond acceptors (Lipinski definition) is 4. The zero-order chi connectivity index (χ0) is 14.1. The molecule has 0 fully saturated rings. The molecule has 1 rings (SSSR count). The summed E-state index contributed by atoms with van der Waals surface area (Å²) < 4.78 is 4.98. The van der Waals surface area contributed by atoms with Gasteiger partial charge >= 0.3 is 5.97 Å². The molecule has 0 aliphatic heterocycles. The molecule has 6 heteroatoms. The lowest BCUT2D eigenvalue weighted by Gasteiger charge is -2.07. The van der Waals surface area contributed by atoms with Crippen molar-refractivity contribution in [3.8, 4) is 5.75 Å². The minimum absolute atomic E-state index is 0.118. The first-order valence-electron chi connectivity index (χ1n) is 6.07. The molecule has 0 bridgehead atoms. The third-order valence-electron chi connectivity index (χ3n) is 2.21. The van der Waals surface area contributed by atoms with Crippen LogP contribution in [0, 0.1) is 0 Å². The highest BCUT2D eigenvalue weighted by Crippen LogP contribution is 2.15. The van der Waals surface area contributed by atoms with Crippen LogP contribution >= 0.6 is 0 Å². The van der Waals surface area contributed by atoms with Crippen LogP contribution < -0.4 is 15.4 Å². The third kappa shape index (κ3) is 6.42. The van der Waals surface area contributed by atoms with E-state index in [-0.39, 0.29) is 19.1 Å². The first-order chi connectivity index (χ1) is 9.11. The van der Waals surface area contributed by atoms with Crippen LogP contribution in [0.5, 0.6) is 5.75 Å². The molecule has 6 nitrogen and oxygen atoms in total. The molecule has 1 aromatic carbocycles. The molecule has 0 heterocycles. The lowest BCUT2D eigenvalue weighted by atomic mass is 10.3. The van der Waals surface area contributed by atoms with Crippen molar-refractivity contribution in [3.05, 3.63) is 24.3 Å². The molecule has 3 N–H and O–H groups in total. The molecular formula is C13H18N2O4. The summed E-state index contributed by atoms with van der Waals surface area (Å²) in [6.45, 7) is 2.72. The molecule has 1 amide bonds. The van der Waals surface area contributed by atoms with Crippen LogP contribution in [0.3, 0.4) is 0 Å². The van der Waals surface area contributed by atoms with Gasteiger partial charge in [-0.2, -0.15) is 0 Å². The predicted octanol–water partition coefficient (Wildman–Crippen LogP) is 1.09. The van der Waals surface area contributed by atoms with Crippen molar-refractivity contribution in [2.45, 2.75) is 13.3 Å². The van der Waals surface area contributed by atoms with Crippen LogP contribution in [-0.4, -0.2) is 36.7 Å². The molecule has 0 spiro atoms. The SMILES string of the molecule is CCCNCC(=O)Nc1ccc(OCC(=O)O)cc1. The molecular weight excluding hydrogens is 248 g/mol. The molecule has 0 atom stereocenters. The van der Waals surface area contributed by atoms with Gasteiger partial charge in [-0.1, -0.05) is 6.92 Å². The number of carbonyl (C=O) groups excluding carboxylic acids is 1. The van der Waals surface area contributed by atoms with E-state index in [9.17, 15) is 9.59 Å². The fraction of sp³-hybridized carbons (Fsp3) is 0.385. The van der Waals surface area contributed by atoms with E-state index >= 15 is 0 Å². The normalized spacial score (nSPS) is 9.95. The molecule has 0 aliphatic rings. The number of rotatable bonds is 8. The number of ether oxygens (including phenoxy) is 1. The zero-order valence-corrected chi connectivity index (χ0v) is 10.8. The van der Waals surface area contributed by atoms with Gasteiger partial charge in [-0.25, -0.2) is 4.79 Å². The molecule has 0 aliphatic carbocycles. The van der Waals surface area contributed by atoms with Crippen molar-refractivity contribution < 1.29 is 19.4 Å². The van der Waals surface area contributed by atoms with Crippen molar-refractivity contribution in [2.75, 3.05) is 25.0 Å². The van der Waals surface area contributed by atoms with Crippen LogP contribution in [0.1, 0.15) is 13.3 Å². The Bertz CT molecular complexity index is 417. The van der Waals surface area contributed by atoms with E-state index in [4.69, 9.17) is 9.84 Å². The molecule has 19 heavy (non-hydrogen) atoms. The lowest BCUT2D eigenvalue weighted by molar-refractivity contribution is -0.139. The summed E-state index contributed by atoms with van der Waals surface area (Å²) >= 11 is 0. The highest BCUT2D eigenvalue weighted by atomic mass is 16.5. The quantitative estimate of drug-likeness (QED) is 0.613. The summed E-state index contributed by atoms with van der Waals surface area (Å²) in [5, 5.41) is 14.2. The predicted molar refractivity (Wildman–Crippen MR) is 71.4 cm³/mol. The molecule has 104 valence electrons. The Hall–Kier alpha value is -2.08. The first kappa shape index (κ1) is 15.0. The smallest absolute Gasteiger partial charge is 0.341 e. The van der Waals surface area contributed by atoms with Gasteiger partial charge in [0.1, 0.15) is 5.75 Å². The van der Waals surface area contributed by atoms with E-state index < -0.39 is 5.97 Å². The lowest BCUT2D eigenvalue weighted by Crippen LogP contribution is -2.28. The molecule has 0 aromatic heterocycles.